The van der Waals surface area contributed by atoms with Crippen molar-refractivity contribution in [3.63, 3.8) is 0 Å². The van der Waals surface area contributed by atoms with E-state index in [0.717, 1.165) is 34.6 Å². The number of aldehydes is 1. The average molecular weight is 417 g/mol. The maximum Gasteiger partial charge on any atom is 0.262 e. The molecule has 1 heterocycles. The van der Waals surface area contributed by atoms with Crippen molar-refractivity contribution in [2.75, 3.05) is 0 Å². The summed E-state index contributed by atoms with van der Waals surface area (Å²) in [6, 6.07) is 17.8. The normalized spacial score (nSPS) is 12.5. The number of amides is 1. The Morgan fingerprint density at radius 2 is 1.84 bits per heavy atom. The Labute approximate surface area is 180 Å². The molecule has 0 radical (unpaired) electrons. The summed E-state index contributed by atoms with van der Waals surface area (Å²) in [6.07, 6.45) is 1.95. The van der Waals surface area contributed by atoms with Crippen LogP contribution < -0.4 is 4.74 Å². The van der Waals surface area contributed by atoms with E-state index in [1.807, 2.05) is 48.5 Å². The zero-order valence-corrected chi connectivity index (χ0v) is 17.0. The van der Waals surface area contributed by atoms with E-state index in [9.17, 15) is 19.8 Å². The largest absolute Gasteiger partial charge is 0.508 e. The second-order valence-electron chi connectivity index (χ2n) is 7.53. The Kier molecular flexibility index (Phi) is 5.89. The van der Waals surface area contributed by atoms with E-state index in [-0.39, 0.29) is 35.3 Å². The number of aromatic hydroxyl groups is 2. The number of rotatable bonds is 7. The zero-order valence-electron chi connectivity index (χ0n) is 17.0. The Morgan fingerprint density at radius 3 is 2.61 bits per heavy atom. The number of fused-ring (bicyclic) bond motifs is 1. The highest BCUT2D eigenvalue weighted by Crippen LogP contribution is 2.37. The van der Waals surface area contributed by atoms with E-state index < -0.39 is 0 Å². The van der Waals surface area contributed by atoms with Crippen LogP contribution in [-0.2, 0) is 30.9 Å². The minimum atomic E-state index is -0.377. The van der Waals surface area contributed by atoms with Gasteiger partial charge in [-0.2, -0.15) is 0 Å². The predicted octanol–water partition coefficient (Wildman–Crippen LogP) is 3.96. The van der Waals surface area contributed by atoms with Crippen LogP contribution in [0, 0.1) is 0 Å². The first kappa shape index (κ1) is 20.5. The average Bonchev–Trinajstić information content (AvgIpc) is 3.21. The first-order valence-electron chi connectivity index (χ1n) is 10.1. The summed E-state index contributed by atoms with van der Waals surface area (Å²) in [7, 11) is 0. The molecule has 0 unspecified atom stereocenters. The Balaban J connectivity index is 1.59. The lowest BCUT2D eigenvalue weighted by Gasteiger charge is -2.19. The van der Waals surface area contributed by atoms with Crippen LogP contribution in [0.4, 0.5) is 0 Å². The molecule has 0 fully saturated rings. The second-order valence-corrected chi connectivity index (χ2v) is 7.53. The maximum absolute atomic E-state index is 13.4. The molecule has 0 aliphatic carbocycles. The molecule has 0 spiro atoms. The molecule has 3 aromatic carbocycles. The fourth-order valence-electron chi connectivity index (χ4n) is 3.89. The fourth-order valence-corrected chi connectivity index (χ4v) is 3.89. The third kappa shape index (κ3) is 4.38. The highest BCUT2D eigenvalue weighted by Gasteiger charge is 2.30. The molecule has 6 nitrogen and oxygen atoms in total. The van der Waals surface area contributed by atoms with Gasteiger partial charge < -0.3 is 24.6 Å². The predicted molar refractivity (Wildman–Crippen MR) is 115 cm³/mol. The summed E-state index contributed by atoms with van der Waals surface area (Å²) in [6.45, 7) is 0.989. The van der Waals surface area contributed by atoms with Crippen LogP contribution in [0.1, 0.15) is 39.0 Å². The lowest BCUT2D eigenvalue weighted by Crippen LogP contribution is -2.26. The molecular weight excluding hydrogens is 394 g/mol. The molecule has 0 aromatic heterocycles. The number of phenolic OH excluding ortho intramolecular Hbond substituents is 2. The number of benzene rings is 3. The highest BCUT2D eigenvalue weighted by molar-refractivity contribution is 6.00. The quantitative estimate of drug-likeness (QED) is 0.568. The third-order valence-corrected chi connectivity index (χ3v) is 5.42. The van der Waals surface area contributed by atoms with Crippen LogP contribution in [0.15, 0.2) is 60.7 Å². The molecule has 6 heteroatoms. The minimum absolute atomic E-state index is 0.0241. The fraction of sp³-hybridized carbons (Fsp3) is 0.200. The lowest BCUT2D eigenvalue weighted by atomic mass is 10.0. The molecule has 2 N–H and O–H groups in total. The van der Waals surface area contributed by atoms with E-state index in [1.165, 1.54) is 6.07 Å². The molecule has 158 valence electrons. The highest BCUT2D eigenvalue weighted by atomic mass is 16.5. The van der Waals surface area contributed by atoms with E-state index in [4.69, 9.17) is 4.74 Å². The van der Waals surface area contributed by atoms with Gasteiger partial charge >= 0.3 is 0 Å². The second kappa shape index (κ2) is 8.92. The van der Waals surface area contributed by atoms with Gasteiger partial charge in [-0.15, -0.1) is 0 Å². The summed E-state index contributed by atoms with van der Waals surface area (Å²) in [5.74, 6) is -0.759. The van der Waals surface area contributed by atoms with Gasteiger partial charge in [-0.05, 0) is 28.7 Å². The van der Waals surface area contributed by atoms with Gasteiger partial charge in [0.25, 0.3) is 5.91 Å². The first-order valence-corrected chi connectivity index (χ1v) is 10.1. The molecule has 4 rings (SSSR count). The van der Waals surface area contributed by atoms with Crippen LogP contribution in [0.25, 0.3) is 0 Å². The number of carbonyl (C=O) groups is 2. The van der Waals surface area contributed by atoms with E-state index in [1.54, 1.807) is 4.90 Å². The van der Waals surface area contributed by atoms with Crippen molar-refractivity contribution in [2.24, 2.45) is 0 Å². The van der Waals surface area contributed by atoms with Gasteiger partial charge in [0.15, 0.2) is 0 Å². The number of aryl methyl sites for hydroxylation is 1. The number of hydrogen-bond acceptors (Lipinski definition) is 5. The molecule has 0 saturated carbocycles. The van der Waals surface area contributed by atoms with Crippen molar-refractivity contribution >= 4 is 12.2 Å². The topological polar surface area (TPSA) is 87.1 Å². The van der Waals surface area contributed by atoms with Gasteiger partial charge in [0.1, 0.15) is 35.7 Å². The molecule has 31 heavy (non-hydrogen) atoms. The zero-order chi connectivity index (χ0) is 21.8. The van der Waals surface area contributed by atoms with Crippen LogP contribution in [0.2, 0.25) is 0 Å². The summed E-state index contributed by atoms with van der Waals surface area (Å²) in [5, 5.41) is 20.4. The van der Waals surface area contributed by atoms with E-state index in [0.29, 0.717) is 25.9 Å². The lowest BCUT2D eigenvalue weighted by molar-refractivity contribution is -0.107. The van der Waals surface area contributed by atoms with Crippen molar-refractivity contribution in [1.29, 1.82) is 0 Å². The van der Waals surface area contributed by atoms with Gasteiger partial charge in [-0.25, -0.2) is 0 Å². The van der Waals surface area contributed by atoms with Crippen LogP contribution in [-0.4, -0.2) is 27.3 Å². The monoisotopic (exact) mass is 417 g/mol. The van der Waals surface area contributed by atoms with Gasteiger partial charge in [0.05, 0.1) is 0 Å². The van der Waals surface area contributed by atoms with Crippen molar-refractivity contribution in [3.8, 4) is 17.2 Å². The van der Waals surface area contributed by atoms with Gasteiger partial charge in [-0.3, -0.25) is 4.79 Å². The molecule has 0 bridgehead atoms. The first-order chi connectivity index (χ1) is 15.1. The Bertz CT molecular complexity index is 1110. The molecule has 0 atom stereocenters. The number of nitrogens with zero attached hydrogens (tertiary/aromatic N) is 1. The van der Waals surface area contributed by atoms with Crippen molar-refractivity contribution < 1.29 is 24.5 Å². The SMILES string of the molecule is O=CCCc1cccc2c1CN(C(=O)c1c(O)cc(O)cc1OCc1ccccc1)C2. The van der Waals surface area contributed by atoms with E-state index >= 15 is 0 Å². The maximum atomic E-state index is 13.4. The number of ether oxygens (including phenoxy) is 1. The molecule has 1 amide bonds. The van der Waals surface area contributed by atoms with Crippen LogP contribution in [0.5, 0.6) is 17.2 Å². The van der Waals surface area contributed by atoms with Crippen molar-refractivity contribution in [1.82, 2.24) is 4.90 Å². The summed E-state index contributed by atoms with van der Waals surface area (Å²) < 4.78 is 5.81. The summed E-state index contributed by atoms with van der Waals surface area (Å²) in [4.78, 5) is 25.8. The van der Waals surface area contributed by atoms with Crippen LogP contribution in [0.3, 0.4) is 0 Å². The standard InChI is InChI=1S/C25H23NO5/c27-11-5-10-18-8-4-9-19-14-26(15-21(18)19)25(30)24-22(29)12-20(28)13-23(24)31-16-17-6-2-1-3-7-17/h1-4,6-9,11-13,28-29H,5,10,14-16H2. The number of phenols is 2. The molecule has 0 saturated heterocycles. The Morgan fingerprint density at radius 1 is 1.03 bits per heavy atom. The van der Waals surface area contributed by atoms with Crippen molar-refractivity contribution in [3.05, 3.63) is 88.5 Å². The van der Waals surface area contributed by atoms with Gasteiger partial charge in [-0.1, -0.05) is 48.5 Å². The van der Waals surface area contributed by atoms with Gasteiger partial charge in [0.2, 0.25) is 0 Å². The summed E-state index contributed by atoms with van der Waals surface area (Å²) >= 11 is 0. The Hall–Kier alpha value is -3.80. The number of carbonyl (C=O) groups excluding carboxylic acids is 2. The molecular formula is C25H23NO5. The third-order valence-electron chi connectivity index (χ3n) is 5.42. The van der Waals surface area contributed by atoms with Crippen LogP contribution >= 0.6 is 0 Å². The van der Waals surface area contributed by atoms with E-state index in [2.05, 4.69) is 0 Å². The molecule has 3 aromatic rings. The van der Waals surface area contributed by atoms with Gasteiger partial charge in [0, 0.05) is 31.6 Å². The van der Waals surface area contributed by atoms with Crippen molar-refractivity contribution in [2.45, 2.75) is 32.5 Å². The molecule has 1 aliphatic rings. The minimum Gasteiger partial charge on any atom is -0.508 e. The number of hydrogen-bond donors (Lipinski definition) is 2. The smallest absolute Gasteiger partial charge is 0.262 e. The summed E-state index contributed by atoms with van der Waals surface area (Å²) in [5.41, 5.74) is 4.05. The molecule has 1 aliphatic heterocycles.